The van der Waals surface area contributed by atoms with Crippen molar-refractivity contribution in [2.75, 3.05) is 13.2 Å². The van der Waals surface area contributed by atoms with E-state index in [0.717, 1.165) is 5.56 Å². The average Bonchev–Trinajstić information content (AvgIpc) is 2.94. The molecule has 1 N–H and O–H groups in total. The summed E-state index contributed by atoms with van der Waals surface area (Å²) in [6.45, 7) is 12.6. The number of rotatable bonds is 1. The van der Waals surface area contributed by atoms with E-state index in [1.54, 1.807) is 11.1 Å². The van der Waals surface area contributed by atoms with Gasteiger partial charge in [0.25, 0.3) is 0 Å². The third kappa shape index (κ3) is 3.74. The topological polar surface area (TPSA) is 76.8 Å². The van der Waals surface area contributed by atoms with Gasteiger partial charge in [-0.05, 0) is 41.5 Å². The van der Waals surface area contributed by atoms with Gasteiger partial charge in [0.2, 0.25) is 0 Å². The normalized spacial score (nSPS) is 29.6. The van der Waals surface area contributed by atoms with Crippen LogP contribution < -0.4 is 0 Å². The molecule has 0 aliphatic carbocycles. The molecule has 2 atom stereocenters. The van der Waals surface area contributed by atoms with E-state index in [4.69, 9.17) is 9.47 Å². The van der Waals surface area contributed by atoms with Gasteiger partial charge in [-0.2, -0.15) is 5.10 Å². The van der Waals surface area contributed by atoms with Gasteiger partial charge in [-0.3, -0.25) is 9.58 Å². The lowest BCUT2D eigenvalue weighted by Gasteiger charge is -2.51. The van der Waals surface area contributed by atoms with Crippen LogP contribution in [0, 0.1) is 0 Å². The summed E-state index contributed by atoms with van der Waals surface area (Å²) in [5.74, 6) is 0. The van der Waals surface area contributed by atoms with Crippen LogP contribution in [-0.4, -0.2) is 56.8 Å². The molecule has 2 fully saturated rings. The molecule has 0 spiro atoms. The predicted octanol–water partition coefficient (Wildman–Crippen LogP) is 2.62. The smallest absolute Gasteiger partial charge is 0.410 e. The van der Waals surface area contributed by atoms with Crippen molar-refractivity contribution in [3.8, 4) is 0 Å². The van der Waals surface area contributed by atoms with E-state index in [2.05, 4.69) is 25.9 Å². The van der Waals surface area contributed by atoms with E-state index in [9.17, 15) is 9.90 Å². The maximum Gasteiger partial charge on any atom is 0.410 e. The summed E-state index contributed by atoms with van der Waals surface area (Å²) in [7, 11) is 0. The lowest BCUT2D eigenvalue weighted by molar-refractivity contribution is -0.141. The van der Waals surface area contributed by atoms with Crippen molar-refractivity contribution in [1.29, 1.82) is 0 Å². The van der Waals surface area contributed by atoms with Gasteiger partial charge in [-0.25, -0.2) is 4.79 Å². The van der Waals surface area contributed by atoms with Crippen molar-refractivity contribution in [2.24, 2.45) is 0 Å². The standard InChI is InChI=1S/C19H31N3O4/c1-17(2,3)21-10-13(9-20-21)19(24)7-14-11-25-12-15(8-19)22(14)16(23)26-18(4,5)6/h9-10,14-15,24H,7-8,11-12H2,1-6H3. The molecule has 26 heavy (non-hydrogen) atoms. The molecule has 0 aromatic carbocycles. The van der Waals surface area contributed by atoms with Crippen LogP contribution in [0.1, 0.15) is 59.9 Å². The number of ether oxygens (including phenoxy) is 2. The van der Waals surface area contributed by atoms with Crippen LogP contribution in [0.3, 0.4) is 0 Å². The van der Waals surface area contributed by atoms with E-state index < -0.39 is 11.2 Å². The van der Waals surface area contributed by atoms with Crippen LogP contribution in [0.5, 0.6) is 0 Å². The molecule has 2 aliphatic heterocycles. The first-order valence-corrected chi connectivity index (χ1v) is 9.26. The average molecular weight is 365 g/mol. The van der Waals surface area contributed by atoms with E-state index in [-0.39, 0.29) is 23.7 Å². The van der Waals surface area contributed by atoms with Gasteiger partial charge in [-0.15, -0.1) is 0 Å². The van der Waals surface area contributed by atoms with Gasteiger partial charge in [0, 0.05) is 24.6 Å². The molecule has 3 heterocycles. The number of carbonyl (C=O) groups excluding carboxylic acids is 1. The number of nitrogens with zero attached hydrogens (tertiary/aromatic N) is 3. The van der Waals surface area contributed by atoms with Crippen molar-refractivity contribution < 1.29 is 19.4 Å². The largest absolute Gasteiger partial charge is 0.444 e. The number of hydrogen-bond donors (Lipinski definition) is 1. The lowest BCUT2D eigenvalue weighted by Crippen LogP contribution is -2.63. The van der Waals surface area contributed by atoms with E-state index >= 15 is 0 Å². The number of carbonyl (C=O) groups is 1. The Morgan fingerprint density at radius 3 is 2.27 bits per heavy atom. The Balaban J connectivity index is 1.83. The molecule has 2 saturated heterocycles. The predicted molar refractivity (Wildman–Crippen MR) is 96.8 cm³/mol. The Morgan fingerprint density at radius 2 is 1.81 bits per heavy atom. The highest BCUT2D eigenvalue weighted by Crippen LogP contribution is 2.41. The van der Waals surface area contributed by atoms with Crippen LogP contribution in [0.25, 0.3) is 0 Å². The Labute approximate surface area is 155 Å². The lowest BCUT2D eigenvalue weighted by atomic mass is 9.78. The summed E-state index contributed by atoms with van der Waals surface area (Å²) >= 11 is 0. The molecule has 2 aliphatic rings. The van der Waals surface area contributed by atoms with Crippen LogP contribution in [0.2, 0.25) is 0 Å². The highest BCUT2D eigenvalue weighted by Gasteiger charge is 2.50. The van der Waals surface area contributed by atoms with Crippen molar-refractivity contribution in [1.82, 2.24) is 14.7 Å². The zero-order chi connectivity index (χ0) is 19.3. The number of amides is 1. The minimum Gasteiger partial charge on any atom is -0.444 e. The maximum atomic E-state index is 12.7. The summed E-state index contributed by atoms with van der Waals surface area (Å²) in [5, 5.41) is 15.8. The van der Waals surface area contributed by atoms with Gasteiger partial charge < -0.3 is 14.6 Å². The van der Waals surface area contributed by atoms with E-state index in [1.165, 1.54) is 0 Å². The zero-order valence-electron chi connectivity index (χ0n) is 16.7. The monoisotopic (exact) mass is 365 g/mol. The van der Waals surface area contributed by atoms with Crippen molar-refractivity contribution in [2.45, 2.75) is 83.2 Å². The summed E-state index contributed by atoms with van der Waals surface area (Å²) < 4.78 is 13.1. The minimum absolute atomic E-state index is 0.148. The number of fused-ring (bicyclic) bond motifs is 2. The van der Waals surface area contributed by atoms with Crippen molar-refractivity contribution in [3.05, 3.63) is 18.0 Å². The van der Waals surface area contributed by atoms with Gasteiger partial charge in [0.1, 0.15) is 5.60 Å². The first-order chi connectivity index (χ1) is 11.9. The summed E-state index contributed by atoms with van der Waals surface area (Å²) in [6.07, 6.45) is 4.16. The molecular formula is C19H31N3O4. The Hall–Kier alpha value is -1.60. The molecule has 0 saturated carbocycles. The molecule has 0 radical (unpaired) electrons. The summed E-state index contributed by atoms with van der Waals surface area (Å²) in [4.78, 5) is 14.4. The molecule has 1 amide bonds. The fourth-order valence-electron chi connectivity index (χ4n) is 3.75. The van der Waals surface area contributed by atoms with E-state index in [1.807, 2.05) is 31.6 Å². The number of hydrogen-bond acceptors (Lipinski definition) is 5. The van der Waals surface area contributed by atoms with Gasteiger partial charge in [0.15, 0.2) is 0 Å². The zero-order valence-corrected chi connectivity index (χ0v) is 16.7. The minimum atomic E-state index is -1.01. The van der Waals surface area contributed by atoms with Crippen LogP contribution in [0.15, 0.2) is 12.4 Å². The number of morpholine rings is 1. The third-order valence-electron chi connectivity index (χ3n) is 4.97. The number of aromatic nitrogens is 2. The van der Waals surface area contributed by atoms with E-state index in [0.29, 0.717) is 26.1 Å². The van der Waals surface area contributed by atoms with Crippen molar-refractivity contribution >= 4 is 6.09 Å². The highest BCUT2D eigenvalue weighted by atomic mass is 16.6. The second-order valence-corrected chi connectivity index (χ2v) is 9.52. The first-order valence-electron chi connectivity index (χ1n) is 9.26. The fraction of sp³-hybridized carbons (Fsp3) is 0.789. The van der Waals surface area contributed by atoms with Gasteiger partial charge in [0.05, 0.1) is 42.6 Å². The number of aliphatic hydroxyl groups is 1. The second-order valence-electron chi connectivity index (χ2n) is 9.52. The SMILES string of the molecule is CC(C)(C)OC(=O)N1C2COCC1CC(O)(c1cnn(C(C)(C)C)c1)C2. The molecule has 3 rings (SSSR count). The quantitative estimate of drug-likeness (QED) is 0.828. The highest BCUT2D eigenvalue weighted by molar-refractivity contribution is 5.69. The first kappa shape index (κ1) is 19.2. The molecular weight excluding hydrogens is 334 g/mol. The van der Waals surface area contributed by atoms with Crippen LogP contribution in [0.4, 0.5) is 4.79 Å². The van der Waals surface area contributed by atoms with Crippen molar-refractivity contribution in [3.63, 3.8) is 0 Å². The molecule has 146 valence electrons. The van der Waals surface area contributed by atoms with Gasteiger partial charge >= 0.3 is 6.09 Å². The molecule has 1 aromatic rings. The maximum absolute atomic E-state index is 12.7. The van der Waals surface area contributed by atoms with Crippen LogP contribution in [-0.2, 0) is 20.6 Å². The molecule has 7 nitrogen and oxygen atoms in total. The molecule has 2 bridgehead atoms. The van der Waals surface area contributed by atoms with Gasteiger partial charge in [-0.1, -0.05) is 0 Å². The third-order valence-corrected chi connectivity index (χ3v) is 4.97. The molecule has 7 heteroatoms. The Morgan fingerprint density at radius 1 is 1.23 bits per heavy atom. The second kappa shape index (κ2) is 6.23. The van der Waals surface area contributed by atoms with Crippen LogP contribution >= 0.6 is 0 Å². The Bertz CT molecular complexity index is 657. The fourth-order valence-corrected chi connectivity index (χ4v) is 3.75. The summed E-state index contributed by atoms with van der Waals surface area (Å²) in [6, 6.07) is -0.416. The molecule has 2 unspecified atom stereocenters. The molecule has 1 aromatic heterocycles. The summed E-state index contributed by atoms with van der Waals surface area (Å²) in [5.41, 5.74) is -0.909. The number of piperidine rings is 1. The Kier molecular flexibility index (Phi) is 4.60.